The maximum Gasteiger partial charge on any atom is 0.0935 e. The topological polar surface area (TPSA) is 47.7 Å². The average Bonchev–Trinajstić information content (AvgIpc) is 2.46. The van der Waals surface area contributed by atoms with Crippen LogP contribution in [0, 0.1) is 0 Å². The van der Waals surface area contributed by atoms with Crippen LogP contribution in [0.4, 0.5) is 0 Å². The molecule has 1 aliphatic carbocycles. The van der Waals surface area contributed by atoms with Gasteiger partial charge in [-0.3, -0.25) is 4.90 Å². The number of nitrogens with two attached hydrogens (primary N) is 1. The maximum absolute atomic E-state index is 6.18. The van der Waals surface area contributed by atoms with E-state index in [1.807, 2.05) is 0 Å². The number of morpholine rings is 1. The Morgan fingerprint density at radius 2 is 2.11 bits per heavy atom. The minimum absolute atomic E-state index is 0.0594. The smallest absolute Gasteiger partial charge is 0.0935 e. The van der Waals surface area contributed by atoms with Crippen LogP contribution < -0.4 is 5.73 Å². The SMILES string of the molecule is CCN1CCOC(COC2(CN)CCCCC2)C1. The standard InChI is InChI=1S/C14H28N2O2/c1-2-16-8-9-17-13(10-16)11-18-14(12-15)6-4-3-5-7-14/h13H,2-12,15H2,1H3. The van der Waals surface area contributed by atoms with E-state index >= 15 is 0 Å². The molecule has 0 aromatic heterocycles. The van der Waals surface area contributed by atoms with Crippen LogP contribution in [0.1, 0.15) is 39.0 Å². The Labute approximate surface area is 111 Å². The van der Waals surface area contributed by atoms with Crippen molar-refractivity contribution in [3.63, 3.8) is 0 Å². The molecule has 106 valence electrons. The van der Waals surface area contributed by atoms with E-state index in [1.165, 1.54) is 19.3 Å². The molecule has 0 aromatic rings. The van der Waals surface area contributed by atoms with Gasteiger partial charge in [0.25, 0.3) is 0 Å². The predicted octanol–water partition coefficient (Wildman–Crippen LogP) is 1.39. The van der Waals surface area contributed by atoms with Gasteiger partial charge in [0.15, 0.2) is 0 Å². The van der Waals surface area contributed by atoms with E-state index < -0.39 is 0 Å². The molecule has 1 atom stereocenters. The van der Waals surface area contributed by atoms with Gasteiger partial charge in [-0.05, 0) is 19.4 Å². The van der Waals surface area contributed by atoms with Gasteiger partial charge in [0.1, 0.15) is 0 Å². The minimum atomic E-state index is -0.0594. The molecule has 1 saturated heterocycles. The molecule has 0 bridgehead atoms. The summed E-state index contributed by atoms with van der Waals surface area (Å²) in [5.41, 5.74) is 5.87. The summed E-state index contributed by atoms with van der Waals surface area (Å²) < 4.78 is 12.0. The Morgan fingerprint density at radius 1 is 1.33 bits per heavy atom. The zero-order chi connectivity index (χ0) is 12.8. The van der Waals surface area contributed by atoms with Crippen molar-refractivity contribution >= 4 is 0 Å². The molecule has 0 amide bonds. The third-order valence-corrected chi connectivity index (χ3v) is 4.38. The molecule has 0 radical (unpaired) electrons. The highest BCUT2D eigenvalue weighted by molar-refractivity contribution is 4.86. The van der Waals surface area contributed by atoms with Crippen molar-refractivity contribution < 1.29 is 9.47 Å². The summed E-state index contributed by atoms with van der Waals surface area (Å²) >= 11 is 0. The van der Waals surface area contributed by atoms with Gasteiger partial charge < -0.3 is 15.2 Å². The summed E-state index contributed by atoms with van der Waals surface area (Å²) in [6.45, 7) is 7.53. The monoisotopic (exact) mass is 256 g/mol. The Morgan fingerprint density at radius 3 is 2.78 bits per heavy atom. The number of ether oxygens (including phenoxy) is 2. The minimum Gasteiger partial charge on any atom is -0.373 e. The molecular formula is C14H28N2O2. The van der Waals surface area contributed by atoms with Crippen molar-refractivity contribution in [3.05, 3.63) is 0 Å². The van der Waals surface area contributed by atoms with Crippen LogP contribution in [0.2, 0.25) is 0 Å². The first-order chi connectivity index (χ1) is 8.78. The van der Waals surface area contributed by atoms with Gasteiger partial charge in [-0.1, -0.05) is 26.2 Å². The van der Waals surface area contributed by atoms with Crippen molar-refractivity contribution in [2.24, 2.45) is 5.73 Å². The number of rotatable bonds is 5. The molecule has 2 fully saturated rings. The molecule has 1 heterocycles. The molecule has 2 rings (SSSR count). The molecule has 1 aliphatic heterocycles. The fourth-order valence-electron chi connectivity index (χ4n) is 3.04. The molecule has 2 N–H and O–H groups in total. The van der Waals surface area contributed by atoms with Crippen molar-refractivity contribution in [2.75, 3.05) is 39.4 Å². The van der Waals surface area contributed by atoms with Crippen LogP contribution in [0.5, 0.6) is 0 Å². The van der Waals surface area contributed by atoms with Crippen LogP contribution in [-0.4, -0.2) is 56.0 Å². The number of nitrogens with zero attached hydrogens (tertiary/aromatic N) is 1. The average molecular weight is 256 g/mol. The predicted molar refractivity (Wildman–Crippen MR) is 72.7 cm³/mol. The Balaban J connectivity index is 1.78. The third-order valence-electron chi connectivity index (χ3n) is 4.38. The fraction of sp³-hybridized carbons (Fsp3) is 1.00. The summed E-state index contributed by atoms with van der Waals surface area (Å²) in [5.74, 6) is 0. The molecule has 2 aliphatic rings. The molecule has 0 spiro atoms. The van der Waals surface area contributed by atoms with Crippen molar-refractivity contribution in [1.29, 1.82) is 0 Å². The third kappa shape index (κ3) is 3.67. The van der Waals surface area contributed by atoms with E-state index in [2.05, 4.69) is 11.8 Å². The summed E-state index contributed by atoms with van der Waals surface area (Å²) in [4.78, 5) is 2.42. The number of likely N-dealkylation sites (N-methyl/N-ethyl adjacent to an activating group) is 1. The number of hydrogen-bond donors (Lipinski definition) is 1. The molecular weight excluding hydrogens is 228 g/mol. The van der Waals surface area contributed by atoms with Crippen molar-refractivity contribution in [1.82, 2.24) is 4.90 Å². The molecule has 4 heteroatoms. The summed E-state index contributed by atoms with van der Waals surface area (Å²) in [7, 11) is 0. The lowest BCUT2D eigenvalue weighted by Crippen LogP contribution is -2.48. The molecule has 1 saturated carbocycles. The van der Waals surface area contributed by atoms with E-state index in [0.29, 0.717) is 13.2 Å². The Hall–Kier alpha value is -0.160. The van der Waals surface area contributed by atoms with Crippen molar-refractivity contribution in [2.45, 2.75) is 50.7 Å². The number of hydrogen-bond acceptors (Lipinski definition) is 4. The molecule has 18 heavy (non-hydrogen) atoms. The van der Waals surface area contributed by atoms with Gasteiger partial charge >= 0.3 is 0 Å². The van der Waals surface area contributed by atoms with E-state index in [-0.39, 0.29) is 11.7 Å². The lowest BCUT2D eigenvalue weighted by atomic mass is 9.84. The van der Waals surface area contributed by atoms with E-state index in [1.54, 1.807) is 0 Å². The van der Waals surface area contributed by atoms with Gasteiger partial charge in [0, 0.05) is 19.6 Å². The first-order valence-electron chi connectivity index (χ1n) is 7.46. The maximum atomic E-state index is 6.18. The zero-order valence-electron chi connectivity index (χ0n) is 11.7. The quantitative estimate of drug-likeness (QED) is 0.807. The van der Waals surface area contributed by atoms with Crippen LogP contribution >= 0.6 is 0 Å². The lowest BCUT2D eigenvalue weighted by molar-refractivity contribution is -0.126. The van der Waals surface area contributed by atoms with Gasteiger partial charge in [-0.15, -0.1) is 0 Å². The normalized spacial score (nSPS) is 29.3. The summed E-state index contributed by atoms with van der Waals surface area (Å²) in [6, 6.07) is 0. The highest BCUT2D eigenvalue weighted by atomic mass is 16.5. The second-order valence-electron chi connectivity index (χ2n) is 5.64. The highest BCUT2D eigenvalue weighted by Crippen LogP contribution is 2.31. The Bertz CT molecular complexity index is 242. The molecule has 0 aromatic carbocycles. The Kier molecular flexibility index (Phi) is 5.42. The molecule has 4 nitrogen and oxygen atoms in total. The fourth-order valence-corrected chi connectivity index (χ4v) is 3.04. The van der Waals surface area contributed by atoms with E-state index in [9.17, 15) is 0 Å². The second kappa shape index (κ2) is 6.85. The van der Waals surface area contributed by atoms with Crippen LogP contribution in [0.3, 0.4) is 0 Å². The van der Waals surface area contributed by atoms with Crippen LogP contribution in [-0.2, 0) is 9.47 Å². The lowest BCUT2D eigenvalue weighted by Gasteiger charge is -2.39. The van der Waals surface area contributed by atoms with Crippen molar-refractivity contribution in [3.8, 4) is 0 Å². The summed E-state index contributed by atoms with van der Waals surface area (Å²) in [6.07, 6.45) is 6.30. The van der Waals surface area contributed by atoms with Crippen LogP contribution in [0.25, 0.3) is 0 Å². The zero-order valence-corrected chi connectivity index (χ0v) is 11.7. The van der Waals surface area contributed by atoms with E-state index in [4.69, 9.17) is 15.2 Å². The van der Waals surface area contributed by atoms with Gasteiger partial charge in [-0.2, -0.15) is 0 Å². The first-order valence-corrected chi connectivity index (χ1v) is 7.46. The first kappa shape index (κ1) is 14.3. The van der Waals surface area contributed by atoms with Crippen LogP contribution in [0.15, 0.2) is 0 Å². The summed E-state index contributed by atoms with van der Waals surface area (Å²) in [5, 5.41) is 0. The second-order valence-corrected chi connectivity index (χ2v) is 5.64. The largest absolute Gasteiger partial charge is 0.373 e. The van der Waals surface area contributed by atoms with Gasteiger partial charge in [-0.25, -0.2) is 0 Å². The van der Waals surface area contributed by atoms with E-state index in [0.717, 1.165) is 39.1 Å². The highest BCUT2D eigenvalue weighted by Gasteiger charge is 2.33. The van der Waals surface area contributed by atoms with Gasteiger partial charge in [0.2, 0.25) is 0 Å². The van der Waals surface area contributed by atoms with Gasteiger partial charge in [0.05, 0.1) is 24.9 Å². The molecule has 1 unspecified atom stereocenters.